The Bertz CT molecular complexity index is 807. The molecular weight excluding hydrogens is 340 g/mol. The third-order valence-electron chi connectivity index (χ3n) is 5.40. The molecule has 5 nitrogen and oxygen atoms in total. The van der Waals surface area contributed by atoms with E-state index >= 15 is 0 Å². The number of hydrogen-bond acceptors (Lipinski definition) is 4. The monoisotopic (exact) mass is 366 g/mol. The van der Waals surface area contributed by atoms with Crippen molar-refractivity contribution in [3.05, 3.63) is 59.2 Å². The van der Waals surface area contributed by atoms with Crippen LogP contribution in [0.5, 0.6) is 5.75 Å². The van der Waals surface area contributed by atoms with Gasteiger partial charge in [-0.05, 0) is 42.0 Å². The summed E-state index contributed by atoms with van der Waals surface area (Å²) in [6.45, 7) is 2.83. The summed E-state index contributed by atoms with van der Waals surface area (Å²) >= 11 is 0. The Morgan fingerprint density at radius 3 is 2.89 bits per heavy atom. The van der Waals surface area contributed by atoms with Crippen LogP contribution in [-0.2, 0) is 28.9 Å². The molecule has 0 unspecified atom stereocenters. The molecule has 2 aromatic carbocycles. The molecule has 0 aromatic heterocycles. The highest BCUT2D eigenvalue weighted by molar-refractivity contribution is 5.96. The number of fused-ring (bicyclic) bond motifs is 1. The van der Waals surface area contributed by atoms with Crippen LogP contribution < -0.4 is 10.1 Å². The van der Waals surface area contributed by atoms with Crippen molar-refractivity contribution in [2.75, 3.05) is 32.1 Å². The topological polar surface area (TPSA) is 50.8 Å². The molecule has 4 rings (SSSR count). The van der Waals surface area contributed by atoms with Crippen molar-refractivity contribution >= 4 is 11.6 Å². The number of morpholine rings is 1. The number of anilines is 1. The smallest absolute Gasteiger partial charge is 0.254 e. The zero-order valence-corrected chi connectivity index (χ0v) is 15.7. The maximum absolute atomic E-state index is 12.9. The van der Waals surface area contributed by atoms with Gasteiger partial charge in [0.15, 0.2) is 0 Å². The van der Waals surface area contributed by atoms with E-state index in [0.717, 1.165) is 43.8 Å². The predicted molar refractivity (Wildman–Crippen MR) is 105 cm³/mol. The van der Waals surface area contributed by atoms with Crippen LogP contribution in [0.15, 0.2) is 42.5 Å². The normalized spacial score (nSPS) is 19.5. The zero-order chi connectivity index (χ0) is 18.6. The van der Waals surface area contributed by atoms with Crippen molar-refractivity contribution in [1.29, 1.82) is 0 Å². The Kier molecular flexibility index (Phi) is 5.41. The van der Waals surface area contributed by atoms with Gasteiger partial charge in [-0.25, -0.2) is 0 Å². The van der Waals surface area contributed by atoms with E-state index in [1.807, 2.05) is 24.3 Å². The van der Waals surface area contributed by atoms with Crippen LogP contribution in [0.3, 0.4) is 0 Å². The van der Waals surface area contributed by atoms with Gasteiger partial charge in [0.05, 0.1) is 19.4 Å². The molecule has 1 aliphatic heterocycles. The molecule has 0 spiro atoms. The van der Waals surface area contributed by atoms with Crippen molar-refractivity contribution in [1.82, 2.24) is 4.90 Å². The fraction of sp³-hybridized carbons (Fsp3) is 0.409. The molecule has 5 heteroatoms. The third kappa shape index (κ3) is 3.99. The Morgan fingerprint density at radius 1 is 1.22 bits per heavy atom. The molecule has 1 saturated heterocycles. The number of ether oxygens (including phenoxy) is 2. The summed E-state index contributed by atoms with van der Waals surface area (Å²) in [5.41, 5.74) is 4.59. The third-order valence-corrected chi connectivity index (χ3v) is 5.40. The molecule has 27 heavy (non-hydrogen) atoms. The van der Waals surface area contributed by atoms with Crippen LogP contribution in [0.2, 0.25) is 0 Å². The Labute approximate surface area is 160 Å². The number of hydrogen-bond donors (Lipinski definition) is 1. The number of methoxy groups -OCH3 is 1. The number of nitrogens with zero attached hydrogens (tertiary/aromatic N) is 1. The molecule has 1 aliphatic carbocycles. The predicted octanol–water partition coefficient (Wildman–Crippen LogP) is 3.02. The minimum Gasteiger partial charge on any atom is -0.495 e. The quantitative estimate of drug-likeness (QED) is 0.884. The van der Waals surface area contributed by atoms with Crippen LogP contribution >= 0.6 is 0 Å². The van der Waals surface area contributed by atoms with Crippen LogP contribution in [0, 0.1) is 0 Å². The molecule has 2 aromatic rings. The molecule has 1 heterocycles. The van der Waals surface area contributed by atoms with E-state index in [4.69, 9.17) is 9.47 Å². The van der Waals surface area contributed by atoms with Crippen LogP contribution in [-0.4, -0.2) is 43.7 Å². The van der Waals surface area contributed by atoms with Crippen LogP contribution in [0.1, 0.15) is 23.1 Å². The molecule has 0 bridgehead atoms. The number of benzene rings is 2. The number of nitrogens with one attached hydrogen (secondary N) is 1. The number of carbonyl (C=O) groups is 1. The van der Waals surface area contributed by atoms with Gasteiger partial charge in [-0.2, -0.15) is 0 Å². The summed E-state index contributed by atoms with van der Waals surface area (Å²) in [6, 6.07) is 14.4. The summed E-state index contributed by atoms with van der Waals surface area (Å²) in [7, 11) is 1.64. The van der Waals surface area contributed by atoms with Crippen molar-refractivity contribution in [2.45, 2.75) is 31.9 Å². The van der Waals surface area contributed by atoms with E-state index < -0.39 is 6.10 Å². The molecule has 142 valence electrons. The molecule has 2 aliphatic rings. The SMILES string of the molecule is COc1ccc2c(c1NC(=O)[C@@H]1CN(Cc3ccccc3)CCO1)CCC2. The van der Waals surface area contributed by atoms with Gasteiger partial charge in [-0.3, -0.25) is 9.69 Å². The first-order valence-corrected chi connectivity index (χ1v) is 9.62. The van der Waals surface area contributed by atoms with Crippen LogP contribution in [0.25, 0.3) is 0 Å². The highest BCUT2D eigenvalue weighted by Gasteiger charge is 2.29. The minimum absolute atomic E-state index is 0.0913. The van der Waals surface area contributed by atoms with E-state index in [0.29, 0.717) is 13.2 Å². The lowest BCUT2D eigenvalue weighted by molar-refractivity contribution is -0.133. The molecule has 0 saturated carbocycles. The summed E-state index contributed by atoms with van der Waals surface area (Å²) in [6.07, 6.45) is 2.70. The van der Waals surface area contributed by atoms with Gasteiger partial charge in [-0.15, -0.1) is 0 Å². The Hall–Kier alpha value is -2.37. The molecular formula is C22H26N2O3. The fourth-order valence-corrected chi connectivity index (χ4v) is 4.00. The van der Waals surface area contributed by atoms with E-state index in [2.05, 4.69) is 28.4 Å². The first-order valence-electron chi connectivity index (χ1n) is 9.62. The molecule has 0 radical (unpaired) electrons. The minimum atomic E-state index is -0.468. The molecule has 1 fully saturated rings. The largest absolute Gasteiger partial charge is 0.495 e. The second kappa shape index (κ2) is 8.11. The van der Waals surface area contributed by atoms with Gasteiger partial charge in [0, 0.05) is 19.6 Å². The van der Waals surface area contributed by atoms with Gasteiger partial charge < -0.3 is 14.8 Å². The lowest BCUT2D eigenvalue weighted by Crippen LogP contribution is -2.47. The number of rotatable bonds is 5. The summed E-state index contributed by atoms with van der Waals surface area (Å²) in [5.74, 6) is 0.632. The molecule has 1 N–H and O–H groups in total. The highest BCUT2D eigenvalue weighted by Crippen LogP contribution is 2.36. The van der Waals surface area contributed by atoms with Gasteiger partial charge in [0.1, 0.15) is 11.9 Å². The second-order valence-corrected chi connectivity index (χ2v) is 7.20. The maximum atomic E-state index is 12.9. The lowest BCUT2D eigenvalue weighted by atomic mass is 10.1. The first kappa shape index (κ1) is 18.0. The number of aryl methyl sites for hydroxylation is 1. The van der Waals surface area contributed by atoms with E-state index in [1.165, 1.54) is 16.7 Å². The average molecular weight is 366 g/mol. The van der Waals surface area contributed by atoms with Gasteiger partial charge in [0.2, 0.25) is 0 Å². The molecule has 1 amide bonds. The van der Waals surface area contributed by atoms with Crippen molar-refractivity contribution < 1.29 is 14.3 Å². The van der Waals surface area contributed by atoms with Crippen molar-refractivity contribution in [3.63, 3.8) is 0 Å². The van der Waals surface area contributed by atoms with E-state index in [9.17, 15) is 4.79 Å². The molecule has 1 atom stereocenters. The van der Waals surface area contributed by atoms with Crippen molar-refractivity contribution in [2.24, 2.45) is 0 Å². The summed E-state index contributed by atoms with van der Waals surface area (Å²) in [5, 5.41) is 3.10. The van der Waals surface area contributed by atoms with Crippen LogP contribution in [0.4, 0.5) is 5.69 Å². The Morgan fingerprint density at radius 2 is 2.07 bits per heavy atom. The van der Waals surface area contributed by atoms with E-state index in [-0.39, 0.29) is 5.91 Å². The van der Waals surface area contributed by atoms with Gasteiger partial charge in [0.25, 0.3) is 5.91 Å². The maximum Gasteiger partial charge on any atom is 0.254 e. The van der Waals surface area contributed by atoms with Gasteiger partial charge in [-0.1, -0.05) is 36.4 Å². The highest BCUT2D eigenvalue weighted by atomic mass is 16.5. The summed E-state index contributed by atoms with van der Waals surface area (Å²) < 4.78 is 11.3. The van der Waals surface area contributed by atoms with Gasteiger partial charge >= 0.3 is 0 Å². The number of amides is 1. The average Bonchev–Trinajstić information content (AvgIpc) is 3.18. The zero-order valence-electron chi connectivity index (χ0n) is 15.7. The fourth-order valence-electron chi connectivity index (χ4n) is 4.00. The summed E-state index contributed by atoms with van der Waals surface area (Å²) in [4.78, 5) is 15.2. The van der Waals surface area contributed by atoms with E-state index in [1.54, 1.807) is 7.11 Å². The second-order valence-electron chi connectivity index (χ2n) is 7.20. The van der Waals surface area contributed by atoms with Crippen molar-refractivity contribution in [3.8, 4) is 5.75 Å². The lowest BCUT2D eigenvalue weighted by Gasteiger charge is -2.32. The first-order chi connectivity index (χ1) is 13.2. The standard InChI is InChI=1S/C22H26N2O3/c1-26-19-11-10-17-8-5-9-18(17)21(19)23-22(25)20-15-24(12-13-27-20)14-16-6-3-2-4-7-16/h2-4,6-7,10-11,20H,5,8-9,12-15H2,1H3,(H,23,25)/t20-/m0/s1. The number of carbonyl (C=O) groups excluding carboxylic acids is 1. The Balaban J connectivity index is 1.45.